The van der Waals surface area contributed by atoms with Crippen LogP contribution in [0.2, 0.25) is 5.02 Å². The molecule has 0 fully saturated rings. The first-order valence-electron chi connectivity index (χ1n) is 4.45. The largest absolute Gasteiger partial charge is 0.365 e. The highest BCUT2D eigenvalue weighted by Crippen LogP contribution is 2.28. The molecule has 2 heterocycles. The van der Waals surface area contributed by atoms with Gasteiger partial charge in [0.2, 0.25) is 0 Å². The average molecular weight is 213 g/mol. The summed E-state index contributed by atoms with van der Waals surface area (Å²) in [5.74, 6) is 0. The predicted molar refractivity (Wildman–Crippen MR) is 55.7 cm³/mol. The summed E-state index contributed by atoms with van der Waals surface area (Å²) in [5.41, 5.74) is 1.86. The standard InChI is InChI=1S/C9H13ClN4/c1-6-7(10)8(12-14(6)3)9-11-4-5-13(9)2/h4-5,9,11H,1-3H3. The summed E-state index contributed by atoms with van der Waals surface area (Å²) in [7, 11) is 3.88. The summed E-state index contributed by atoms with van der Waals surface area (Å²) >= 11 is 6.18. The fourth-order valence-electron chi connectivity index (χ4n) is 1.51. The molecule has 0 saturated carbocycles. The van der Waals surface area contributed by atoms with E-state index in [-0.39, 0.29) is 6.17 Å². The van der Waals surface area contributed by atoms with Crippen molar-refractivity contribution in [3.8, 4) is 0 Å². The van der Waals surface area contributed by atoms with Gasteiger partial charge in [0.15, 0.2) is 0 Å². The molecule has 76 valence electrons. The fraction of sp³-hybridized carbons (Fsp3) is 0.444. The number of hydrogen-bond donors (Lipinski definition) is 1. The van der Waals surface area contributed by atoms with Crippen molar-refractivity contribution in [1.29, 1.82) is 0 Å². The molecule has 0 spiro atoms. The van der Waals surface area contributed by atoms with Gasteiger partial charge >= 0.3 is 0 Å². The van der Waals surface area contributed by atoms with E-state index in [2.05, 4.69) is 10.4 Å². The molecule has 0 saturated heterocycles. The van der Waals surface area contributed by atoms with Crippen LogP contribution in [-0.4, -0.2) is 21.7 Å². The third-order valence-corrected chi connectivity index (χ3v) is 2.98. The van der Waals surface area contributed by atoms with Crippen molar-refractivity contribution in [2.45, 2.75) is 13.1 Å². The Labute approximate surface area is 88.1 Å². The number of aromatic nitrogens is 2. The van der Waals surface area contributed by atoms with Crippen LogP contribution in [0.3, 0.4) is 0 Å². The van der Waals surface area contributed by atoms with E-state index in [1.54, 1.807) is 4.68 Å². The molecule has 0 radical (unpaired) electrons. The number of aryl methyl sites for hydroxylation is 1. The van der Waals surface area contributed by atoms with Crippen molar-refractivity contribution in [3.05, 3.63) is 28.8 Å². The van der Waals surface area contributed by atoms with Gasteiger partial charge in [-0.15, -0.1) is 0 Å². The molecule has 4 nitrogen and oxygen atoms in total. The lowest BCUT2D eigenvalue weighted by molar-refractivity contribution is 0.331. The Morgan fingerprint density at radius 1 is 1.50 bits per heavy atom. The highest BCUT2D eigenvalue weighted by Gasteiger charge is 2.24. The molecule has 0 bridgehead atoms. The molecule has 1 N–H and O–H groups in total. The maximum atomic E-state index is 6.18. The molecule has 0 aliphatic carbocycles. The lowest BCUT2D eigenvalue weighted by atomic mass is 10.3. The summed E-state index contributed by atoms with van der Waals surface area (Å²) in [6, 6.07) is 0. The van der Waals surface area contributed by atoms with Gasteiger partial charge in [-0.3, -0.25) is 4.68 Å². The van der Waals surface area contributed by atoms with Gasteiger partial charge in [0.1, 0.15) is 11.9 Å². The normalized spacial score (nSPS) is 20.3. The predicted octanol–water partition coefficient (Wildman–Crippen LogP) is 1.39. The van der Waals surface area contributed by atoms with E-state index >= 15 is 0 Å². The van der Waals surface area contributed by atoms with Crippen LogP contribution < -0.4 is 5.32 Å². The molecule has 1 aliphatic heterocycles. The van der Waals surface area contributed by atoms with Gasteiger partial charge < -0.3 is 10.2 Å². The Morgan fingerprint density at radius 2 is 2.21 bits per heavy atom. The summed E-state index contributed by atoms with van der Waals surface area (Å²) in [6.07, 6.45) is 3.91. The van der Waals surface area contributed by atoms with Gasteiger partial charge in [-0.25, -0.2) is 0 Å². The van der Waals surface area contributed by atoms with E-state index in [1.807, 2.05) is 38.3 Å². The number of halogens is 1. The van der Waals surface area contributed by atoms with Crippen LogP contribution in [0.5, 0.6) is 0 Å². The highest BCUT2D eigenvalue weighted by molar-refractivity contribution is 6.31. The summed E-state index contributed by atoms with van der Waals surface area (Å²) in [5, 5.41) is 8.31. The third kappa shape index (κ3) is 1.26. The van der Waals surface area contributed by atoms with E-state index in [4.69, 9.17) is 11.6 Å². The Hall–Kier alpha value is -1.16. The molecule has 0 aromatic carbocycles. The van der Waals surface area contributed by atoms with E-state index in [1.165, 1.54) is 0 Å². The molecule has 1 aromatic rings. The van der Waals surface area contributed by atoms with Gasteiger partial charge in [-0.05, 0) is 6.92 Å². The van der Waals surface area contributed by atoms with Crippen LogP contribution in [0.25, 0.3) is 0 Å². The number of nitrogens with one attached hydrogen (secondary N) is 1. The maximum absolute atomic E-state index is 6.18. The second kappa shape index (κ2) is 3.20. The molecule has 1 aliphatic rings. The molecular formula is C9H13ClN4. The average Bonchev–Trinajstić information content (AvgIpc) is 2.66. The van der Waals surface area contributed by atoms with Gasteiger partial charge in [0.05, 0.1) is 10.7 Å². The van der Waals surface area contributed by atoms with E-state index < -0.39 is 0 Å². The van der Waals surface area contributed by atoms with E-state index in [9.17, 15) is 0 Å². The maximum Gasteiger partial charge on any atom is 0.145 e. The number of rotatable bonds is 1. The van der Waals surface area contributed by atoms with Crippen LogP contribution in [0.1, 0.15) is 17.6 Å². The molecule has 1 aromatic heterocycles. The SMILES string of the molecule is Cc1c(Cl)c(C2NC=CN2C)nn1C. The smallest absolute Gasteiger partial charge is 0.145 e. The molecule has 14 heavy (non-hydrogen) atoms. The first-order chi connectivity index (χ1) is 6.61. The minimum absolute atomic E-state index is 0.0578. The zero-order valence-electron chi connectivity index (χ0n) is 8.45. The first-order valence-corrected chi connectivity index (χ1v) is 4.82. The fourth-order valence-corrected chi connectivity index (χ4v) is 1.77. The number of hydrogen-bond acceptors (Lipinski definition) is 3. The molecule has 1 atom stereocenters. The van der Waals surface area contributed by atoms with Crippen molar-refractivity contribution in [2.24, 2.45) is 7.05 Å². The summed E-state index contributed by atoms with van der Waals surface area (Å²) < 4.78 is 1.80. The van der Waals surface area contributed by atoms with Gasteiger partial charge in [0, 0.05) is 26.5 Å². The minimum Gasteiger partial charge on any atom is -0.365 e. The van der Waals surface area contributed by atoms with Gasteiger partial charge in [-0.2, -0.15) is 5.10 Å². The van der Waals surface area contributed by atoms with Crippen LogP contribution in [0, 0.1) is 6.92 Å². The third-order valence-electron chi connectivity index (χ3n) is 2.52. The first kappa shape index (κ1) is 9.40. The van der Waals surface area contributed by atoms with Crippen molar-refractivity contribution in [2.75, 3.05) is 7.05 Å². The Kier molecular flexibility index (Phi) is 2.15. The van der Waals surface area contributed by atoms with Crippen molar-refractivity contribution >= 4 is 11.6 Å². The number of nitrogens with zero attached hydrogens (tertiary/aromatic N) is 3. The monoisotopic (exact) mass is 212 g/mol. The second-order valence-corrected chi connectivity index (χ2v) is 3.84. The lowest BCUT2D eigenvalue weighted by Gasteiger charge is -2.19. The zero-order valence-corrected chi connectivity index (χ0v) is 9.21. The quantitative estimate of drug-likeness (QED) is 0.764. The molecule has 1 unspecified atom stereocenters. The molecule has 0 amide bonds. The molecule has 2 rings (SSSR count). The Balaban J connectivity index is 2.37. The van der Waals surface area contributed by atoms with Crippen LogP contribution >= 0.6 is 11.6 Å². The van der Waals surface area contributed by atoms with Gasteiger partial charge in [-0.1, -0.05) is 11.6 Å². The second-order valence-electron chi connectivity index (χ2n) is 3.46. The lowest BCUT2D eigenvalue weighted by Crippen LogP contribution is -2.24. The molecular weight excluding hydrogens is 200 g/mol. The van der Waals surface area contributed by atoms with E-state index in [0.717, 1.165) is 16.4 Å². The zero-order chi connectivity index (χ0) is 10.3. The minimum atomic E-state index is 0.0578. The Bertz CT molecular complexity index is 382. The topological polar surface area (TPSA) is 33.1 Å². The van der Waals surface area contributed by atoms with Crippen molar-refractivity contribution < 1.29 is 0 Å². The summed E-state index contributed by atoms with van der Waals surface area (Å²) in [4.78, 5) is 2.04. The van der Waals surface area contributed by atoms with E-state index in [0.29, 0.717) is 0 Å². The van der Waals surface area contributed by atoms with Crippen LogP contribution in [0.15, 0.2) is 12.4 Å². The van der Waals surface area contributed by atoms with Crippen molar-refractivity contribution in [1.82, 2.24) is 20.0 Å². The highest BCUT2D eigenvalue weighted by atomic mass is 35.5. The Morgan fingerprint density at radius 3 is 2.64 bits per heavy atom. The molecule has 5 heteroatoms. The van der Waals surface area contributed by atoms with Crippen LogP contribution in [-0.2, 0) is 7.05 Å². The summed E-state index contributed by atoms with van der Waals surface area (Å²) in [6.45, 7) is 1.96. The van der Waals surface area contributed by atoms with Crippen molar-refractivity contribution in [3.63, 3.8) is 0 Å². The van der Waals surface area contributed by atoms with Crippen LogP contribution in [0.4, 0.5) is 0 Å². The van der Waals surface area contributed by atoms with Gasteiger partial charge in [0.25, 0.3) is 0 Å².